The van der Waals surface area contributed by atoms with Crippen molar-refractivity contribution in [1.29, 1.82) is 0 Å². The Balaban J connectivity index is 1.73. The summed E-state index contributed by atoms with van der Waals surface area (Å²) in [4.78, 5) is 14.5. The lowest BCUT2D eigenvalue weighted by atomic mass is 9.72. The maximum absolute atomic E-state index is 12.7. The van der Waals surface area contributed by atoms with Crippen molar-refractivity contribution >= 4 is 16.9 Å². The number of hydrogen-bond donors (Lipinski definition) is 2. The molecule has 0 spiro atoms. The van der Waals surface area contributed by atoms with Gasteiger partial charge in [0.15, 0.2) is 0 Å². The van der Waals surface area contributed by atoms with Crippen LogP contribution in [0, 0.1) is 12.8 Å². The van der Waals surface area contributed by atoms with Gasteiger partial charge in [-0.05, 0) is 69.7 Å². The second-order valence-electron chi connectivity index (χ2n) is 8.45. The molecule has 2 aliphatic rings. The van der Waals surface area contributed by atoms with Crippen molar-refractivity contribution < 1.29 is 4.79 Å². The number of carbonyl (C=O) groups excluding carboxylic acids is 1. The summed E-state index contributed by atoms with van der Waals surface area (Å²) in [6.45, 7) is 11.0. The number of carbonyl (C=O) groups is 1. The molecule has 0 bridgehead atoms. The summed E-state index contributed by atoms with van der Waals surface area (Å²) < 4.78 is 2.02. The Hall–Kier alpha value is -2.01. The highest BCUT2D eigenvalue weighted by Gasteiger charge is 2.37. The van der Waals surface area contributed by atoms with Gasteiger partial charge in [-0.3, -0.25) is 4.68 Å². The Morgan fingerprint density at radius 1 is 1.29 bits per heavy atom. The maximum Gasteiger partial charge on any atom is 0.336 e. The monoisotopic (exact) mass is 382 g/mol. The van der Waals surface area contributed by atoms with Crippen molar-refractivity contribution in [2.75, 3.05) is 25.1 Å². The molecule has 3 atom stereocenters. The van der Waals surface area contributed by atoms with Crippen LogP contribution >= 0.6 is 0 Å². The van der Waals surface area contributed by atoms with Crippen molar-refractivity contribution in [3.63, 3.8) is 0 Å². The fraction of sp³-hybridized carbons (Fsp3) is 0.609. The summed E-state index contributed by atoms with van der Waals surface area (Å²) >= 11 is 0. The minimum atomic E-state index is -0.0280. The van der Waals surface area contributed by atoms with Crippen molar-refractivity contribution in [1.82, 2.24) is 14.9 Å². The zero-order valence-corrected chi connectivity index (χ0v) is 17.7. The molecule has 5 heteroatoms. The molecule has 1 aromatic carbocycles. The fourth-order valence-electron chi connectivity index (χ4n) is 5.42. The molecule has 2 amide bonds. The standard InChI is InChI=1S/C23H34N4O/c1-5-9-16-12-19-17-10-8-11-21-22(17)18(13-20(19)24-14-16)15(4)27(21)25-23(28)26(6-2)7-3/h8,10-11,16,19-20,24H,5-7,9,12-14H2,1-4H3,(H,25,28)/t16?,19-,20-/m1/s1. The van der Waals surface area contributed by atoms with Gasteiger partial charge in [-0.25, -0.2) is 10.2 Å². The van der Waals surface area contributed by atoms with E-state index in [0.29, 0.717) is 25.0 Å². The average molecular weight is 383 g/mol. The van der Waals surface area contributed by atoms with Gasteiger partial charge >= 0.3 is 6.03 Å². The van der Waals surface area contributed by atoms with E-state index in [0.717, 1.165) is 24.4 Å². The van der Waals surface area contributed by atoms with E-state index in [4.69, 9.17) is 0 Å². The number of nitrogens with one attached hydrogen (secondary N) is 2. The zero-order chi connectivity index (χ0) is 19.8. The summed E-state index contributed by atoms with van der Waals surface area (Å²) in [6.07, 6.45) is 4.89. The summed E-state index contributed by atoms with van der Waals surface area (Å²) in [6, 6.07) is 7.11. The molecular weight excluding hydrogens is 348 g/mol. The van der Waals surface area contributed by atoms with Crippen LogP contribution in [0.3, 0.4) is 0 Å². The lowest BCUT2D eigenvalue weighted by Crippen LogP contribution is -2.46. The molecule has 0 saturated carbocycles. The van der Waals surface area contributed by atoms with Gasteiger partial charge in [0, 0.05) is 36.1 Å². The first-order valence-corrected chi connectivity index (χ1v) is 11.0. The number of aromatic nitrogens is 1. The molecule has 28 heavy (non-hydrogen) atoms. The third kappa shape index (κ3) is 3.10. The first-order valence-electron chi connectivity index (χ1n) is 11.0. The summed E-state index contributed by atoms with van der Waals surface area (Å²) in [5.41, 5.74) is 8.33. The van der Waals surface area contributed by atoms with Crippen LogP contribution in [0.15, 0.2) is 18.2 Å². The first kappa shape index (κ1) is 19.3. The topological polar surface area (TPSA) is 49.3 Å². The normalized spacial score (nSPS) is 23.5. The van der Waals surface area contributed by atoms with Crippen LogP contribution < -0.4 is 10.7 Å². The molecule has 5 nitrogen and oxygen atoms in total. The second-order valence-corrected chi connectivity index (χ2v) is 8.45. The van der Waals surface area contributed by atoms with E-state index in [1.54, 1.807) is 0 Å². The van der Waals surface area contributed by atoms with Crippen molar-refractivity contribution in [3.8, 4) is 0 Å². The van der Waals surface area contributed by atoms with Gasteiger partial charge in [0.1, 0.15) is 0 Å². The Morgan fingerprint density at radius 2 is 2.07 bits per heavy atom. The third-order valence-electron chi connectivity index (χ3n) is 6.91. The molecule has 1 aromatic heterocycles. The largest absolute Gasteiger partial charge is 0.336 e. The van der Waals surface area contributed by atoms with E-state index < -0.39 is 0 Å². The number of fused-ring (bicyclic) bond motifs is 2. The molecule has 1 fully saturated rings. The van der Waals surface area contributed by atoms with Crippen LogP contribution in [0.25, 0.3) is 10.9 Å². The van der Waals surface area contributed by atoms with E-state index in [-0.39, 0.29) is 6.03 Å². The van der Waals surface area contributed by atoms with Crippen LogP contribution in [-0.4, -0.2) is 41.3 Å². The van der Waals surface area contributed by atoms with Crippen LogP contribution in [-0.2, 0) is 6.42 Å². The second kappa shape index (κ2) is 7.78. The number of hydrogen-bond acceptors (Lipinski definition) is 2. The molecule has 1 aliphatic heterocycles. The summed E-state index contributed by atoms with van der Waals surface area (Å²) in [5, 5.41) is 5.22. The van der Waals surface area contributed by atoms with Gasteiger partial charge < -0.3 is 10.2 Å². The zero-order valence-electron chi connectivity index (χ0n) is 17.7. The lowest BCUT2D eigenvalue weighted by Gasteiger charge is -2.40. The minimum absolute atomic E-state index is 0.0280. The lowest BCUT2D eigenvalue weighted by molar-refractivity contribution is 0.214. The molecular formula is C23H34N4O. The van der Waals surface area contributed by atoms with Crippen LogP contribution in [0.1, 0.15) is 62.8 Å². The molecule has 0 radical (unpaired) electrons. The average Bonchev–Trinajstić information content (AvgIpc) is 2.97. The van der Waals surface area contributed by atoms with Gasteiger partial charge in [-0.15, -0.1) is 0 Å². The number of amides is 2. The van der Waals surface area contributed by atoms with E-state index in [1.165, 1.54) is 41.5 Å². The number of benzene rings is 1. The Morgan fingerprint density at radius 3 is 2.79 bits per heavy atom. The highest BCUT2D eigenvalue weighted by atomic mass is 16.2. The molecule has 1 saturated heterocycles. The Kier molecular flexibility index (Phi) is 5.37. The quantitative estimate of drug-likeness (QED) is 0.807. The smallest absolute Gasteiger partial charge is 0.324 e. The van der Waals surface area contributed by atoms with Crippen LogP contribution in [0.5, 0.6) is 0 Å². The molecule has 2 aromatic rings. The molecule has 4 rings (SSSR count). The van der Waals surface area contributed by atoms with Crippen LogP contribution in [0.4, 0.5) is 4.79 Å². The van der Waals surface area contributed by atoms with E-state index in [1.807, 2.05) is 23.4 Å². The van der Waals surface area contributed by atoms with Gasteiger partial charge in [-0.2, -0.15) is 0 Å². The highest BCUT2D eigenvalue weighted by Crippen LogP contribution is 2.44. The molecule has 1 aliphatic carbocycles. The van der Waals surface area contributed by atoms with Gasteiger partial charge in [-0.1, -0.05) is 25.5 Å². The predicted molar refractivity (Wildman–Crippen MR) is 116 cm³/mol. The van der Waals surface area contributed by atoms with Crippen LogP contribution in [0.2, 0.25) is 0 Å². The third-order valence-corrected chi connectivity index (χ3v) is 6.91. The molecule has 2 N–H and O–H groups in total. The summed E-state index contributed by atoms with van der Waals surface area (Å²) in [5.74, 6) is 1.35. The first-order chi connectivity index (χ1) is 13.6. The van der Waals surface area contributed by atoms with E-state index in [2.05, 4.69) is 42.8 Å². The highest BCUT2D eigenvalue weighted by molar-refractivity contribution is 5.93. The molecule has 1 unspecified atom stereocenters. The Bertz CT molecular complexity index is 867. The molecule has 152 valence electrons. The van der Waals surface area contributed by atoms with E-state index >= 15 is 0 Å². The fourth-order valence-corrected chi connectivity index (χ4v) is 5.42. The maximum atomic E-state index is 12.7. The SMILES string of the molecule is CCCC1CN[C@@H]2Cc3c(C)n(NC(=O)N(CC)CC)c4cccc(c34)[C@H]2C1. The minimum Gasteiger partial charge on any atom is -0.324 e. The van der Waals surface area contributed by atoms with Gasteiger partial charge in [0.2, 0.25) is 0 Å². The number of urea groups is 1. The van der Waals surface area contributed by atoms with Crippen molar-refractivity contribution in [2.45, 2.75) is 65.3 Å². The number of rotatable bonds is 5. The Labute approximate surface area is 168 Å². The number of piperidine rings is 1. The summed E-state index contributed by atoms with van der Waals surface area (Å²) in [7, 11) is 0. The number of nitrogens with zero attached hydrogens (tertiary/aromatic N) is 2. The van der Waals surface area contributed by atoms with Crippen molar-refractivity contribution in [2.24, 2.45) is 5.92 Å². The van der Waals surface area contributed by atoms with Crippen molar-refractivity contribution in [3.05, 3.63) is 35.0 Å². The van der Waals surface area contributed by atoms with Gasteiger partial charge in [0.25, 0.3) is 0 Å². The van der Waals surface area contributed by atoms with E-state index in [9.17, 15) is 4.79 Å². The predicted octanol–water partition coefficient (Wildman–Crippen LogP) is 4.37. The van der Waals surface area contributed by atoms with Gasteiger partial charge in [0.05, 0.1) is 5.52 Å². The molecule has 2 heterocycles.